The number of rotatable bonds is 2. The fourth-order valence-electron chi connectivity index (χ4n) is 1.91. The van der Waals surface area contributed by atoms with E-state index in [0.29, 0.717) is 0 Å². The Labute approximate surface area is 94.7 Å². The highest BCUT2D eigenvalue weighted by Crippen LogP contribution is 2.18. The maximum atomic E-state index is 10.9. The number of hydrogen-bond acceptors (Lipinski definition) is 2. The molecular formula is C13H14N2O. The fraction of sp³-hybridized carbons (Fsp3) is 0.231. The number of hydrogen-bond donors (Lipinski definition) is 0. The van der Waals surface area contributed by atoms with Crippen LogP contribution in [0.5, 0.6) is 0 Å². The second-order valence-corrected chi connectivity index (χ2v) is 3.92. The van der Waals surface area contributed by atoms with Crippen LogP contribution >= 0.6 is 0 Å². The van der Waals surface area contributed by atoms with Crippen LogP contribution in [-0.4, -0.2) is 15.8 Å². The van der Waals surface area contributed by atoms with Crippen LogP contribution in [0.15, 0.2) is 24.3 Å². The molecule has 2 aromatic rings. The maximum Gasteiger partial charge on any atom is 0.151 e. The van der Waals surface area contributed by atoms with E-state index in [-0.39, 0.29) is 0 Å². The number of aryl methyl sites for hydroxylation is 2. The van der Waals surface area contributed by atoms with Crippen LogP contribution in [0.4, 0.5) is 0 Å². The van der Waals surface area contributed by atoms with E-state index in [2.05, 4.69) is 4.98 Å². The number of carbonyl (C=O) groups is 1. The van der Waals surface area contributed by atoms with E-state index in [4.69, 9.17) is 0 Å². The van der Waals surface area contributed by atoms with Gasteiger partial charge >= 0.3 is 0 Å². The van der Waals surface area contributed by atoms with Crippen molar-refractivity contribution in [3.63, 3.8) is 0 Å². The van der Waals surface area contributed by atoms with Gasteiger partial charge in [-0.15, -0.1) is 0 Å². The molecule has 0 aliphatic heterocycles. The van der Waals surface area contributed by atoms with Gasteiger partial charge in [0.15, 0.2) is 6.29 Å². The molecule has 0 unspecified atom stereocenters. The summed E-state index contributed by atoms with van der Waals surface area (Å²) in [7, 11) is 0. The van der Waals surface area contributed by atoms with Crippen LogP contribution in [0.3, 0.4) is 0 Å². The third-order valence-corrected chi connectivity index (χ3v) is 2.70. The molecule has 0 fully saturated rings. The SMILES string of the molecule is Cc1cccc(-n2c(C)cc(C=O)c2C)n1. The Hall–Kier alpha value is -1.90. The average molecular weight is 214 g/mol. The van der Waals surface area contributed by atoms with Crippen molar-refractivity contribution in [3.05, 3.63) is 46.9 Å². The van der Waals surface area contributed by atoms with Crippen LogP contribution in [-0.2, 0) is 0 Å². The second kappa shape index (κ2) is 3.93. The minimum absolute atomic E-state index is 0.723. The molecule has 2 rings (SSSR count). The highest BCUT2D eigenvalue weighted by Gasteiger charge is 2.10. The zero-order valence-electron chi connectivity index (χ0n) is 9.69. The summed E-state index contributed by atoms with van der Waals surface area (Å²) in [6.07, 6.45) is 0.884. The third kappa shape index (κ3) is 1.65. The third-order valence-electron chi connectivity index (χ3n) is 2.70. The van der Waals surface area contributed by atoms with Gasteiger partial charge in [-0.3, -0.25) is 4.79 Å². The van der Waals surface area contributed by atoms with E-state index in [1.165, 1.54) is 0 Å². The summed E-state index contributed by atoms with van der Waals surface area (Å²) in [4.78, 5) is 15.3. The Morgan fingerprint density at radius 1 is 1.25 bits per heavy atom. The smallest absolute Gasteiger partial charge is 0.151 e. The Balaban J connectivity index is 2.64. The van der Waals surface area contributed by atoms with Crippen molar-refractivity contribution in [2.75, 3.05) is 0 Å². The van der Waals surface area contributed by atoms with Gasteiger partial charge in [-0.25, -0.2) is 4.98 Å². The van der Waals surface area contributed by atoms with Crippen LogP contribution in [0, 0.1) is 20.8 Å². The van der Waals surface area contributed by atoms with Crippen LogP contribution < -0.4 is 0 Å². The first-order valence-corrected chi connectivity index (χ1v) is 5.21. The second-order valence-electron chi connectivity index (χ2n) is 3.92. The predicted octanol–water partition coefficient (Wildman–Crippen LogP) is 2.61. The monoisotopic (exact) mass is 214 g/mol. The molecule has 0 aliphatic rings. The lowest BCUT2D eigenvalue weighted by Gasteiger charge is -2.08. The molecular weight excluding hydrogens is 200 g/mol. The normalized spacial score (nSPS) is 10.4. The highest BCUT2D eigenvalue weighted by atomic mass is 16.1. The quantitative estimate of drug-likeness (QED) is 0.720. The summed E-state index contributed by atoms with van der Waals surface area (Å²) in [5.74, 6) is 0.864. The van der Waals surface area contributed by atoms with Gasteiger partial charge in [0, 0.05) is 22.6 Å². The first-order valence-electron chi connectivity index (χ1n) is 5.21. The molecule has 0 radical (unpaired) electrons. The molecule has 16 heavy (non-hydrogen) atoms. The summed E-state index contributed by atoms with van der Waals surface area (Å²) in [6, 6.07) is 7.75. The van der Waals surface area contributed by atoms with Gasteiger partial charge in [-0.2, -0.15) is 0 Å². The molecule has 0 aromatic carbocycles. The number of carbonyl (C=O) groups excluding carboxylic acids is 1. The van der Waals surface area contributed by atoms with Crippen molar-refractivity contribution in [1.82, 2.24) is 9.55 Å². The van der Waals surface area contributed by atoms with Crippen molar-refractivity contribution in [3.8, 4) is 5.82 Å². The molecule has 3 nitrogen and oxygen atoms in total. The lowest BCUT2D eigenvalue weighted by Crippen LogP contribution is -2.02. The molecule has 0 saturated carbocycles. The van der Waals surface area contributed by atoms with E-state index in [9.17, 15) is 4.79 Å². The molecule has 0 spiro atoms. The van der Waals surface area contributed by atoms with E-state index >= 15 is 0 Å². The number of aromatic nitrogens is 2. The van der Waals surface area contributed by atoms with Crippen molar-refractivity contribution in [2.24, 2.45) is 0 Å². The molecule has 0 saturated heterocycles. The predicted molar refractivity (Wildman–Crippen MR) is 63.2 cm³/mol. The van der Waals surface area contributed by atoms with E-state index in [1.54, 1.807) is 0 Å². The zero-order chi connectivity index (χ0) is 11.7. The van der Waals surface area contributed by atoms with Crippen LogP contribution in [0.25, 0.3) is 5.82 Å². The molecule has 2 heterocycles. The summed E-state index contributed by atoms with van der Waals surface area (Å²) in [6.45, 7) is 5.86. The highest BCUT2D eigenvalue weighted by molar-refractivity contribution is 5.77. The molecule has 0 atom stereocenters. The maximum absolute atomic E-state index is 10.9. The first-order chi connectivity index (χ1) is 7.63. The molecule has 82 valence electrons. The minimum atomic E-state index is 0.723. The zero-order valence-corrected chi connectivity index (χ0v) is 9.69. The van der Waals surface area contributed by atoms with Crippen molar-refractivity contribution >= 4 is 6.29 Å². The van der Waals surface area contributed by atoms with Gasteiger partial charge < -0.3 is 4.57 Å². The average Bonchev–Trinajstić information content (AvgIpc) is 2.53. The summed E-state index contributed by atoms with van der Waals surface area (Å²) >= 11 is 0. The van der Waals surface area contributed by atoms with E-state index < -0.39 is 0 Å². The summed E-state index contributed by atoms with van der Waals surface area (Å²) < 4.78 is 2.00. The van der Waals surface area contributed by atoms with Crippen LogP contribution in [0.1, 0.15) is 27.4 Å². The standard InChI is InChI=1S/C13H14N2O/c1-9-5-4-6-13(14-9)15-10(2)7-12(8-16)11(15)3/h4-8H,1-3H3. The Morgan fingerprint density at radius 3 is 2.56 bits per heavy atom. The van der Waals surface area contributed by atoms with Gasteiger partial charge in [0.05, 0.1) is 0 Å². The largest absolute Gasteiger partial charge is 0.302 e. The number of nitrogens with zero attached hydrogens (tertiary/aromatic N) is 2. The van der Waals surface area contributed by atoms with Gasteiger partial charge in [-0.1, -0.05) is 6.07 Å². The van der Waals surface area contributed by atoms with Gasteiger partial charge in [0.1, 0.15) is 5.82 Å². The molecule has 0 N–H and O–H groups in total. The lowest BCUT2D eigenvalue weighted by atomic mass is 10.3. The number of pyridine rings is 1. The van der Waals surface area contributed by atoms with Gasteiger partial charge in [0.25, 0.3) is 0 Å². The van der Waals surface area contributed by atoms with Crippen LogP contribution in [0.2, 0.25) is 0 Å². The summed E-state index contributed by atoms with van der Waals surface area (Å²) in [5, 5.41) is 0. The Bertz CT molecular complexity index is 541. The topological polar surface area (TPSA) is 34.9 Å². The van der Waals surface area contributed by atoms with Crippen molar-refractivity contribution in [1.29, 1.82) is 0 Å². The molecule has 0 bridgehead atoms. The molecule has 0 amide bonds. The minimum Gasteiger partial charge on any atom is -0.302 e. The van der Waals surface area contributed by atoms with E-state index in [0.717, 1.165) is 34.7 Å². The Morgan fingerprint density at radius 2 is 2.00 bits per heavy atom. The fourth-order valence-corrected chi connectivity index (χ4v) is 1.91. The molecule has 0 aliphatic carbocycles. The number of aldehydes is 1. The Kier molecular flexibility index (Phi) is 2.60. The van der Waals surface area contributed by atoms with Gasteiger partial charge in [-0.05, 0) is 39.0 Å². The lowest BCUT2D eigenvalue weighted by molar-refractivity contribution is 0.112. The van der Waals surface area contributed by atoms with E-state index in [1.807, 2.05) is 49.6 Å². The molecule has 2 aromatic heterocycles. The van der Waals surface area contributed by atoms with Gasteiger partial charge in [0.2, 0.25) is 0 Å². The molecule has 3 heteroatoms. The van der Waals surface area contributed by atoms with Crippen molar-refractivity contribution in [2.45, 2.75) is 20.8 Å². The first kappa shape index (κ1) is 10.6. The van der Waals surface area contributed by atoms with Crippen molar-refractivity contribution < 1.29 is 4.79 Å². The summed E-state index contributed by atoms with van der Waals surface area (Å²) in [5.41, 5.74) is 3.65.